The maximum atomic E-state index is 13.5. The minimum atomic E-state index is -0.493. The second-order valence-corrected chi connectivity index (χ2v) is 4.73. The highest BCUT2D eigenvalue weighted by Crippen LogP contribution is 2.33. The Labute approximate surface area is 111 Å². The molecule has 1 atom stereocenters. The zero-order chi connectivity index (χ0) is 14.0. The van der Waals surface area contributed by atoms with Gasteiger partial charge in [-0.2, -0.15) is 0 Å². The van der Waals surface area contributed by atoms with Gasteiger partial charge in [-0.25, -0.2) is 4.39 Å². The van der Waals surface area contributed by atoms with Gasteiger partial charge in [-0.1, -0.05) is 0 Å². The number of carbonyl (C=O) groups excluding carboxylic acids is 1. The average Bonchev–Trinajstić information content (AvgIpc) is 2.39. The van der Waals surface area contributed by atoms with Gasteiger partial charge in [0.25, 0.3) is 0 Å². The van der Waals surface area contributed by atoms with Crippen LogP contribution < -0.4 is 21.1 Å². The fraction of sp³-hybridized carbons (Fsp3) is 0.462. The molecule has 1 fully saturated rings. The van der Waals surface area contributed by atoms with Crippen LogP contribution >= 0.6 is 0 Å². The predicted octanol–water partition coefficient (Wildman–Crippen LogP) is 1.12. The quantitative estimate of drug-likeness (QED) is 0.804. The van der Waals surface area contributed by atoms with Gasteiger partial charge < -0.3 is 21.1 Å². The Morgan fingerprint density at radius 1 is 1.53 bits per heavy atom. The normalized spacial score (nSPS) is 19.3. The molecule has 0 saturated carbocycles. The third kappa shape index (κ3) is 2.72. The lowest BCUT2D eigenvalue weighted by Gasteiger charge is -2.33. The van der Waals surface area contributed by atoms with Crippen molar-refractivity contribution in [2.75, 3.05) is 30.8 Å². The van der Waals surface area contributed by atoms with E-state index in [1.165, 1.54) is 13.2 Å². The Morgan fingerprint density at radius 3 is 2.89 bits per heavy atom. The van der Waals surface area contributed by atoms with E-state index in [-0.39, 0.29) is 17.6 Å². The monoisotopic (exact) mass is 267 g/mol. The van der Waals surface area contributed by atoms with Gasteiger partial charge in [-0.15, -0.1) is 0 Å². The number of nitrogens with zero attached hydrogens (tertiary/aromatic N) is 1. The van der Waals surface area contributed by atoms with Crippen LogP contribution in [0.25, 0.3) is 0 Å². The molecule has 0 aliphatic carbocycles. The highest BCUT2D eigenvalue weighted by Gasteiger charge is 2.25. The molecular formula is C13H18FN3O2. The van der Waals surface area contributed by atoms with Gasteiger partial charge in [0.2, 0.25) is 5.91 Å². The zero-order valence-electron chi connectivity index (χ0n) is 10.9. The molecule has 5 nitrogen and oxygen atoms in total. The Kier molecular flexibility index (Phi) is 3.78. The summed E-state index contributed by atoms with van der Waals surface area (Å²) >= 11 is 0. The lowest BCUT2D eigenvalue weighted by atomic mass is 9.97. The summed E-state index contributed by atoms with van der Waals surface area (Å²) in [5, 5.41) is 0. The molecule has 1 amide bonds. The van der Waals surface area contributed by atoms with Crippen molar-refractivity contribution in [3.8, 4) is 5.75 Å². The van der Waals surface area contributed by atoms with E-state index in [0.29, 0.717) is 17.9 Å². The lowest BCUT2D eigenvalue weighted by Crippen LogP contribution is -2.41. The van der Waals surface area contributed by atoms with E-state index in [4.69, 9.17) is 16.2 Å². The van der Waals surface area contributed by atoms with Crippen molar-refractivity contribution < 1.29 is 13.9 Å². The van der Waals surface area contributed by atoms with Crippen molar-refractivity contribution in [2.24, 2.45) is 11.7 Å². The fourth-order valence-electron chi connectivity index (χ4n) is 2.42. The molecule has 1 aliphatic rings. The number of carbonyl (C=O) groups is 1. The summed E-state index contributed by atoms with van der Waals surface area (Å²) in [5.74, 6) is -0.848. The third-order valence-electron chi connectivity index (χ3n) is 3.47. The SMILES string of the molecule is COc1cc(N2CCCC(C(N)=O)C2)c(N)cc1F. The largest absolute Gasteiger partial charge is 0.494 e. The molecule has 0 radical (unpaired) electrons. The van der Waals surface area contributed by atoms with Crippen LogP contribution in [0.2, 0.25) is 0 Å². The van der Waals surface area contributed by atoms with E-state index < -0.39 is 5.82 Å². The number of hydrogen-bond donors (Lipinski definition) is 2. The number of piperidine rings is 1. The fourth-order valence-corrected chi connectivity index (χ4v) is 2.42. The number of nitrogens with two attached hydrogens (primary N) is 2. The number of hydrogen-bond acceptors (Lipinski definition) is 4. The number of methoxy groups -OCH3 is 1. The van der Waals surface area contributed by atoms with Gasteiger partial charge in [0, 0.05) is 25.2 Å². The van der Waals surface area contributed by atoms with E-state index in [1.807, 2.05) is 4.90 Å². The molecule has 1 aromatic rings. The first-order chi connectivity index (χ1) is 9.02. The number of amides is 1. The van der Waals surface area contributed by atoms with E-state index in [0.717, 1.165) is 19.4 Å². The number of ether oxygens (including phenoxy) is 1. The maximum Gasteiger partial charge on any atom is 0.222 e. The lowest BCUT2D eigenvalue weighted by molar-refractivity contribution is -0.122. The smallest absolute Gasteiger partial charge is 0.222 e. The van der Waals surface area contributed by atoms with Gasteiger partial charge in [-0.3, -0.25) is 4.79 Å². The molecule has 19 heavy (non-hydrogen) atoms. The standard InChI is InChI=1S/C13H18FN3O2/c1-19-12-6-11(10(15)5-9(12)14)17-4-2-3-8(7-17)13(16)18/h5-6,8H,2-4,7,15H2,1H3,(H2,16,18). The van der Waals surface area contributed by atoms with Gasteiger partial charge in [0.1, 0.15) is 0 Å². The Hall–Kier alpha value is -1.98. The van der Waals surface area contributed by atoms with Gasteiger partial charge in [-0.05, 0) is 12.8 Å². The molecule has 0 bridgehead atoms. The molecule has 1 unspecified atom stereocenters. The van der Waals surface area contributed by atoms with E-state index in [2.05, 4.69) is 0 Å². The van der Waals surface area contributed by atoms with Crippen LogP contribution in [0.15, 0.2) is 12.1 Å². The summed E-state index contributed by atoms with van der Waals surface area (Å²) in [5.41, 5.74) is 12.2. The summed E-state index contributed by atoms with van der Waals surface area (Å²) in [6.07, 6.45) is 1.64. The number of benzene rings is 1. The van der Waals surface area contributed by atoms with Crippen molar-refractivity contribution >= 4 is 17.3 Å². The van der Waals surface area contributed by atoms with Gasteiger partial charge >= 0.3 is 0 Å². The second-order valence-electron chi connectivity index (χ2n) is 4.73. The highest BCUT2D eigenvalue weighted by molar-refractivity contribution is 5.78. The molecule has 4 N–H and O–H groups in total. The Balaban J connectivity index is 2.28. The zero-order valence-corrected chi connectivity index (χ0v) is 10.9. The molecule has 104 valence electrons. The summed E-state index contributed by atoms with van der Waals surface area (Å²) in [4.78, 5) is 13.2. The molecule has 1 aromatic carbocycles. The number of halogens is 1. The highest BCUT2D eigenvalue weighted by atomic mass is 19.1. The first-order valence-corrected chi connectivity index (χ1v) is 6.20. The third-order valence-corrected chi connectivity index (χ3v) is 3.47. The summed E-state index contributed by atoms with van der Waals surface area (Å²) in [6, 6.07) is 2.80. The number of nitrogen functional groups attached to an aromatic ring is 1. The average molecular weight is 267 g/mol. The molecule has 1 aliphatic heterocycles. The van der Waals surface area contributed by atoms with Crippen molar-refractivity contribution in [1.29, 1.82) is 0 Å². The van der Waals surface area contributed by atoms with Crippen LogP contribution in [-0.2, 0) is 4.79 Å². The van der Waals surface area contributed by atoms with Crippen molar-refractivity contribution in [3.63, 3.8) is 0 Å². The van der Waals surface area contributed by atoms with Crippen LogP contribution in [0.5, 0.6) is 5.75 Å². The number of rotatable bonds is 3. The summed E-state index contributed by atoms with van der Waals surface area (Å²) in [6.45, 7) is 1.27. The van der Waals surface area contributed by atoms with Gasteiger partial charge in [0.15, 0.2) is 11.6 Å². The maximum absolute atomic E-state index is 13.5. The Bertz CT molecular complexity index is 493. The van der Waals surface area contributed by atoms with E-state index in [9.17, 15) is 9.18 Å². The molecule has 2 rings (SSSR count). The summed E-state index contributed by atoms with van der Waals surface area (Å²) < 4.78 is 18.5. The first kappa shape index (κ1) is 13.5. The van der Waals surface area contributed by atoms with Crippen LogP contribution in [0.1, 0.15) is 12.8 Å². The molecule has 0 aromatic heterocycles. The predicted molar refractivity (Wildman–Crippen MR) is 71.5 cm³/mol. The molecule has 1 saturated heterocycles. The van der Waals surface area contributed by atoms with E-state index >= 15 is 0 Å². The molecule has 1 heterocycles. The minimum absolute atomic E-state index is 0.144. The molecule has 0 spiro atoms. The Morgan fingerprint density at radius 2 is 2.26 bits per heavy atom. The molecular weight excluding hydrogens is 249 g/mol. The van der Waals surface area contributed by atoms with Crippen LogP contribution in [0, 0.1) is 11.7 Å². The van der Waals surface area contributed by atoms with Gasteiger partial charge in [0.05, 0.1) is 24.4 Å². The van der Waals surface area contributed by atoms with Crippen molar-refractivity contribution in [1.82, 2.24) is 0 Å². The van der Waals surface area contributed by atoms with E-state index in [1.54, 1.807) is 6.07 Å². The number of primary amides is 1. The van der Waals surface area contributed by atoms with Crippen molar-refractivity contribution in [2.45, 2.75) is 12.8 Å². The molecule has 6 heteroatoms. The number of anilines is 2. The van der Waals surface area contributed by atoms with Crippen LogP contribution in [-0.4, -0.2) is 26.1 Å². The van der Waals surface area contributed by atoms with Crippen molar-refractivity contribution in [3.05, 3.63) is 17.9 Å². The minimum Gasteiger partial charge on any atom is -0.494 e. The topological polar surface area (TPSA) is 81.6 Å². The summed E-state index contributed by atoms with van der Waals surface area (Å²) in [7, 11) is 1.40. The first-order valence-electron chi connectivity index (χ1n) is 6.20. The van der Waals surface area contributed by atoms with Crippen LogP contribution in [0.4, 0.5) is 15.8 Å². The van der Waals surface area contributed by atoms with Crippen LogP contribution in [0.3, 0.4) is 0 Å². The second kappa shape index (κ2) is 5.34.